The van der Waals surface area contributed by atoms with Crippen LogP contribution in [0, 0.1) is 0 Å². The topological polar surface area (TPSA) is 47.6 Å². The van der Waals surface area contributed by atoms with Gasteiger partial charge in [-0.2, -0.15) is 0 Å². The zero-order valence-corrected chi connectivity index (χ0v) is 14.8. The predicted octanol–water partition coefficient (Wildman–Crippen LogP) is 4.40. The maximum atomic E-state index is 11.2. The SMILES string of the molecule is CC(=O)Nc1ccccc1OCCOc1ccc(C(C)(C)C)cc1. The first-order valence-electron chi connectivity index (χ1n) is 8.09. The lowest BCUT2D eigenvalue weighted by Gasteiger charge is -2.19. The summed E-state index contributed by atoms with van der Waals surface area (Å²) >= 11 is 0. The summed E-state index contributed by atoms with van der Waals surface area (Å²) in [7, 11) is 0. The van der Waals surface area contributed by atoms with Gasteiger partial charge in [0.25, 0.3) is 0 Å². The van der Waals surface area contributed by atoms with Gasteiger partial charge in [-0.3, -0.25) is 4.79 Å². The molecule has 2 aromatic carbocycles. The fourth-order valence-corrected chi connectivity index (χ4v) is 2.25. The Morgan fingerprint density at radius 2 is 1.58 bits per heavy atom. The van der Waals surface area contributed by atoms with E-state index in [0.29, 0.717) is 24.7 Å². The van der Waals surface area contributed by atoms with Crippen LogP contribution in [0.2, 0.25) is 0 Å². The highest BCUT2D eigenvalue weighted by Crippen LogP contribution is 2.25. The maximum Gasteiger partial charge on any atom is 0.221 e. The monoisotopic (exact) mass is 327 g/mol. The second-order valence-corrected chi connectivity index (χ2v) is 6.65. The third kappa shape index (κ3) is 5.30. The number of para-hydroxylation sites is 2. The third-order valence-electron chi connectivity index (χ3n) is 3.53. The molecular formula is C20H25NO3. The Morgan fingerprint density at radius 1 is 0.958 bits per heavy atom. The van der Waals surface area contributed by atoms with Crippen LogP contribution in [0.1, 0.15) is 33.3 Å². The Kier molecular flexibility index (Phi) is 5.85. The van der Waals surface area contributed by atoms with E-state index in [2.05, 4.69) is 38.2 Å². The summed E-state index contributed by atoms with van der Waals surface area (Å²) in [4.78, 5) is 11.2. The van der Waals surface area contributed by atoms with Gasteiger partial charge in [0.15, 0.2) is 0 Å². The molecule has 0 spiro atoms. The lowest BCUT2D eigenvalue weighted by Crippen LogP contribution is -2.12. The number of carbonyl (C=O) groups excluding carboxylic acids is 1. The summed E-state index contributed by atoms with van der Waals surface area (Å²) in [5, 5.41) is 2.75. The molecule has 0 saturated heterocycles. The minimum Gasteiger partial charge on any atom is -0.490 e. The molecule has 0 aliphatic carbocycles. The number of benzene rings is 2. The molecule has 2 rings (SSSR count). The van der Waals surface area contributed by atoms with Gasteiger partial charge in [0.05, 0.1) is 5.69 Å². The second kappa shape index (κ2) is 7.86. The van der Waals surface area contributed by atoms with Gasteiger partial charge in [0.1, 0.15) is 24.7 Å². The molecule has 0 fully saturated rings. The molecule has 0 saturated carbocycles. The number of rotatable bonds is 6. The molecule has 4 nitrogen and oxygen atoms in total. The van der Waals surface area contributed by atoms with Gasteiger partial charge in [0.2, 0.25) is 5.91 Å². The zero-order valence-electron chi connectivity index (χ0n) is 14.8. The highest BCUT2D eigenvalue weighted by Gasteiger charge is 2.12. The molecule has 0 aliphatic rings. The Labute approximate surface area is 143 Å². The standard InChI is InChI=1S/C20H25NO3/c1-15(22)21-18-7-5-6-8-19(18)24-14-13-23-17-11-9-16(10-12-17)20(2,3)4/h5-12H,13-14H2,1-4H3,(H,21,22). The third-order valence-corrected chi connectivity index (χ3v) is 3.53. The summed E-state index contributed by atoms with van der Waals surface area (Å²) in [5.74, 6) is 1.34. The Morgan fingerprint density at radius 3 is 2.21 bits per heavy atom. The van der Waals surface area contributed by atoms with E-state index < -0.39 is 0 Å². The molecule has 1 amide bonds. The fraction of sp³-hybridized carbons (Fsp3) is 0.350. The van der Waals surface area contributed by atoms with Crippen molar-refractivity contribution in [1.29, 1.82) is 0 Å². The van der Waals surface area contributed by atoms with E-state index >= 15 is 0 Å². The van der Waals surface area contributed by atoms with E-state index in [0.717, 1.165) is 5.75 Å². The van der Waals surface area contributed by atoms with E-state index in [4.69, 9.17) is 9.47 Å². The van der Waals surface area contributed by atoms with Crippen molar-refractivity contribution in [3.05, 3.63) is 54.1 Å². The Hall–Kier alpha value is -2.49. The Balaban J connectivity index is 1.84. The van der Waals surface area contributed by atoms with Crippen LogP contribution in [0.4, 0.5) is 5.69 Å². The first kappa shape index (κ1) is 17.9. The number of amides is 1. The van der Waals surface area contributed by atoms with Crippen molar-refractivity contribution >= 4 is 11.6 Å². The van der Waals surface area contributed by atoms with Crippen LogP contribution in [-0.2, 0) is 10.2 Å². The quantitative estimate of drug-likeness (QED) is 0.800. The minimum absolute atomic E-state index is 0.124. The van der Waals surface area contributed by atoms with Crippen LogP contribution in [0.15, 0.2) is 48.5 Å². The average Bonchev–Trinajstić information content (AvgIpc) is 2.52. The summed E-state index contributed by atoms with van der Waals surface area (Å²) in [6.07, 6.45) is 0. The summed E-state index contributed by atoms with van der Waals surface area (Å²) in [6, 6.07) is 15.5. The van der Waals surface area contributed by atoms with E-state index in [1.807, 2.05) is 36.4 Å². The molecule has 0 aromatic heterocycles. The van der Waals surface area contributed by atoms with Gasteiger partial charge in [-0.05, 0) is 35.2 Å². The maximum absolute atomic E-state index is 11.2. The molecule has 128 valence electrons. The normalized spacial score (nSPS) is 11.0. The van der Waals surface area contributed by atoms with Crippen LogP contribution in [-0.4, -0.2) is 19.1 Å². The summed E-state index contributed by atoms with van der Waals surface area (Å²) < 4.78 is 11.4. The summed E-state index contributed by atoms with van der Waals surface area (Å²) in [5.41, 5.74) is 2.07. The van der Waals surface area contributed by atoms with Crippen LogP contribution in [0.25, 0.3) is 0 Å². The van der Waals surface area contributed by atoms with Crippen molar-refractivity contribution in [3.63, 3.8) is 0 Å². The average molecular weight is 327 g/mol. The molecule has 0 aliphatic heterocycles. The lowest BCUT2D eigenvalue weighted by molar-refractivity contribution is -0.114. The fourth-order valence-electron chi connectivity index (χ4n) is 2.25. The zero-order chi connectivity index (χ0) is 17.6. The van der Waals surface area contributed by atoms with Crippen molar-refractivity contribution in [2.45, 2.75) is 33.1 Å². The van der Waals surface area contributed by atoms with Crippen LogP contribution in [0.5, 0.6) is 11.5 Å². The van der Waals surface area contributed by atoms with E-state index in [1.54, 1.807) is 0 Å². The molecule has 0 radical (unpaired) electrons. The minimum atomic E-state index is -0.124. The lowest BCUT2D eigenvalue weighted by atomic mass is 9.87. The molecule has 0 unspecified atom stereocenters. The predicted molar refractivity (Wildman–Crippen MR) is 96.9 cm³/mol. The van der Waals surface area contributed by atoms with Gasteiger partial charge in [-0.1, -0.05) is 45.0 Å². The number of nitrogens with one attached hydrogen (secondary N) is 1. The van der Waals surface area contributed by atoms with Gasteiger partial charge >= 0.3 is 0 Å². The molecule has 2 aromatic rings. The van der Waals surface area contributed by atoms with Crippen molar-refractivity contribution < 1.29 is 14.3 Å². The van der Waals surface area contributed by atoms with Crippen molar-refractivity contribution in [1.82, 2.24) is 0 Å². The summed E-state index contributed by atoms with van der Waals surface area (Å²) in [6.45, 7) is 8.86. The molecule has 0 atom stereocenters. The smallest absolute Gasteiger partial charge is 0.221 e. The number of carbonyl (C=O) groups is 1. The van der Waals surface area contributed by atoms with E-state index in [1.165, 1.54) is 12.5 Å². The first-order valence-corrected chi connectivity index (χ1v) is 8.09. The largest absolute Gasteiger partial charge is 0.490 e. The molecular weight excluding hydrogens is 302 g/mol. The van der Waals surface area contributed by atoms with E-state index in [9.17, 15) is 4.79 Å². The van der Waals surface area contributed by atoms with Crippen molar-refractivity contribution in [2.24, 2.45) is 0 Å². The highest BCUT2D eigenvalue weighted by atomic mass is 16.5. The van der Waals surface area contributed by atoms with Crippen LogP contribution in [0.3, 0.4) is 0 Å². The second-order valence-electron chi connectivity index (χ2n) is 6.65. The van der Waals surface area contributed by atoms with Gasteiger partial charge in [0, 0.05) is 6.92 Å². The number of anilines is 1. The number of hydrogen-bond donors (Lipinski definition) is 1. The van der Waals surface area contributed by atoms with E-state index in [-0.39, 0.29) is 11.3 Å². The molecule has 24 heavy (non-hydrogen) atoms. The molecule has 0 heterocycles. The number of ether oxygens (including phenoxy) is 2. The highest BCUT2D eigenvalue weighted by molar-refractivity contribution is 5.90. The van der Waals surface area contributed by atoms with Gasteiger partial charge < -0.3 is 14.8 Å². The van der Waals surface area contributed by atoms with Crippen LogP contribution < -0.4 is 14.8 Å². The molecule has 1 N–H and O–H groups in total. The number of hydrogen-bond acceptors (Lipinski definition) is 3. The van der Waals surface area contributed by atoms with Gasteiger partial charge in [-0.25, -0.2) is 0 Å². The van der Waals surface area contributed by atoms with Crippen molar-refractivity contribution in [2.75, 3.05) is 18.5 Å². The molecule has 4 heteroatoms. The van der Waals surface area contributed by atoms with Gasteiger partial charge in [-0.15, -0.1) is 0 Å². The Bertz CT molecular complexity index is 672. The van der Waals surface area contributed by atoms with Crippen LogP contribution >= 0.6 is 0 Å². The molecule has 0 bridgehead atoms. The first-order chi connectivity index (χ1) is 11.4. The van der Waals surface area contributed by atoms with Crippen molar-refractivity contribution in [3.8, 4) is 11.5 Å².